The fourth-order valence-electron chi connectivity index (χ4n) is 2.16. The number of hydrogen-bond acceptors (Lipinski definition) is 4. The predicted octanol–water partition coefficient (Wildman–Crippen LogP) is 2.67. The summed E-state index contributed by atoms with van der Waals surface area (Å²) in [7, 11) is 1.60. The average Bonchev–Trinajstić information content (AvgIpc) is 3.04. The third-order valence-electron chi connectivity index (χ3n) is 3.33. The summed E-state index contributed by atoms with van der Waals surface area (Å²) in [4.78, 5) is 4.35. The van der Waals surface area contributed by atoms with Gasteiger partial charge in [0, 0.05) is 5.56 Å². The van der Waals surface area contributed by atoms with E-state index in [1.807, 2.05) is 24.3 Å². The van der Waals surface area contributed by atoms with Gasteiger partial charge >= 0.3 is 0 Å². The lowest BCUT2D eigenvalue weighted by Gasteiger charge is -2.09. The number of methoxy groups -OCH3 is 1. The van der Waals surface area contributed by atoms with E-state index < -0.39 is 6.04 Å². The summed E-state index contributed by atoms with van der Waals surface area (Å²) >= 11 is 0. The molecule has 0 saturated heterocycles. The van der Waals surface area contributed by atoms with Gasteiger partial charge in [0.25, 0.3) is 0 Å². The van der Waals surface area contributed by atoms with Gasteiger partial charge in [0.05, 0.1) is 13.2 Å². The Morgan fingerprint density at radius 2 is 2.00 bits per heavy atom. The van der Waals surface area contributed by atoms with Gasteiger partial charge < -0.3 is 10.5 Å². The van der Waals surface area contributed by atoms with Gasteiger partial charge in [-0.1, -0.05) is 24.3 Å². The molecule has 0 aliphatic heterocycles. The molecule has 5 nitrogen and oxygen atoms in total. The molecular formula is C16H15FN4O. The van der Waals surface area contributed by atoms with Gasteiger partial charge in [-0.05, 0) is 29.8 Å². The molecular weight excluding hydrogens is 283 g/mol. The van der Waals surface area contributed by atoms with Gasteiger partial charge in [0.1, 0.15) is 17.4 Å². The highest BCUT2D eigenvalue weighted by Gasteiger charge is 2.15. The summed E-state index contributed by atoms with van der Waals surface area (Å²) in [5.74, 6) is 1.30. The third-order valence-corrected chi connectivity index (χ3v) is 3.33. The number of rotatable bonds is 4. The van der Waals surface area contributed by atoms with Crippen molar-refractivity contribution in [2.75, 3.05) is 7.11 Å². The minimum atomic E-state index is -0.468. The van der Waals surface area contributed by atoms with E-state index in [1.165, 1.54) is 12.1 Å². The van der Waals surface area contributed by atoms with Gasteiger partial charge in [0.2, 0.25) is 0 Å². The van der Waals surface area contributed by atoms with Crippen LogP contribution in [0.2, 0.25) is 0 Å². The third kappa shape index (κ3) is 2.82. The van der Waals surface area contributed by atoms with E-state index in [1.54, 1.807) is 19.2 Å². The minimum absolute atomic E-state index is 0.332. The van der Waals surface area contributed by atoms with Gasteiger partial charge in [0.15, 0.2) is 5.82 Å². The molecule has 0 aliphatic carbocycles. The first-order chi connectivity index (χ1) is 10.7. The number of nitrogens with one attached hydrogen (secondary N) is 1. The second kappa shape index (κ2) is 5.95. The van der Waals surface area contributed by atoms with E-state index in [-0.39, 0.29) is 5.82 Å². The molecule has 1 heterocycles. The standard InChI is InChI=1S/C16H15FN4O/c1-22-13-7-3-4-10(9-13)14(18)16-19-15(20-21-16)11-5-2-6-12(17)8-11/h2-9,14H,18H2,1H3,(H,19,20,21)/t14-/m0/s1. The Kier molecular flexibility index (Phi) is 3.84. The van der Waals surface area contributed by atoms with Crippen LogP contribution >= 0.6 is 0 Å². The maximum atomic E-state index is 13.3. The fraction of sp³-hybridized carbons (Fsp3) is 0.125. The van der Waals surface area contributed by atoms with Crippen molar-refractivity contribution in [1.82, 2.24) is 15.2 Å². The number of ether oxygens (including phenoxy) is 1. The van der Waals surface area contributed by atoms with E-state index in [4.69, 9.17) is 10.5 Å². The molecule has 0 spiro atoms. The molecule has 0 aliphatic rings. The lowest BCUT2D eigenvalue weighted by atomic mass is 10.1. The Morgan fingerprint density at radius 1 is 1.18 bits per heavy atom. The monoisotopic (exact) mass is 298 g/mol. The molecule has 6 heteroatoms. The van der Waals surface area contributed by atoms with Gasteiger partial charge in [-0.3, -0.25) is 5.10 Å². The van der Waals surface area contributed by atoms with Crippen molar-refractivity contribution >= 4 is 0 Å². The minimum Gasteiger partial charge on any atom is -0.497 e. The second-order valence-electron chi connectivity index (χ2n) is 4.81. The number of hydrogen-bond donors (Lipinski definition) is 2. The molecule has 0 radical (unpaired) electrons. The molecule has 22 heavy (non-hydrogen) atoms. The Bertz CT molecular complexity index is 787. The normalized spacial score (nSPS) is 12.1. The van der Waals surface area contributed by atoms with Gasteiger partial charge in [-0.2, -0.15) is 5.10 Å². The van der Waals surface area contributed by atoms with Crippen molar-refractivity contribution in [3.63, 3.8) is 0 Å². The van der Waals surface area contributed by atoms with Crippen LogP contribution in [0.25, 0.3) is 11.4 Å². The summed E-state index contributed by atoms with van der Waals surface area (Å²) in [6.07, 6.45) is 0. The maximum Gasteiger partial charge on any atom is 0.181 e. The number of aromatic amines is 1. The molecule has 3 N–H and O–H groups in total. The average molecular weight is 298 g/mol. The van der Waals surface area contributed by atoms with Crippen molar-refractivity contribution in [1.29, 1.82) is 0 Å². The molecule has 112 valence electrons. The summed E-state index contributed by atoms with van der Waals surface area (Å²) in [5.41, 5.74) is 7.64. The Morgan fingerprint density at radius 3 is 2.77 bits per heavy atom. The quantitative estimate of drug-likeness (QED) is 0.776. The second-order valence-corrected chi connectivity index (χ2v) is 4.81. The summed E-state index contributed by atoms with van der Waals surface area (Å²) < 4.78 is 18.4. The van der Waals surface area contributed by atoms with Crippen molar-refractivity contribution < 1.29 is 9.13 Å². The van der Waals surface area contributed by atoms with Crippen molar-refractivity contribution in [3.05, 3.63) is 65.7 Å². The first-order valence-electron chi connectivity index (χ1n) is 6.75. The number of benzene rings is 2. The molecule has 3 rings (SSSR count). The largest absolute Gasteiger partial charge is 0.497 e. The first kappa shape index (κ1) is 14.2. The van der Waals surface area contributed by atoms with Crippen LogP contribution < -0.4 is 10.5 Å². The molecule has 0 fully saturated rings. The van der Waals surface area contributed by atoms with E-state index >= 15 is 0 Å². The number of H-pyrrole nitrogens is 1. The van der Waals surface area contributed by atoms with Crippen LogP contribution in [0.4, 0.5) is 4.39 Å². The lowest BCUT2D eigenvalue weighted by Crippen LogP contribution is -2.13. The number of nitrogens with zero attached hydrogens (tertiary/aromatic N) is 2. The Hall–Kier alpha value is -2.73. The highest BCUT2D eigenvalue weighted by atomic mass is 19.1. The zero-order chi connectivity index (χ0) is 15.5. The summed E-state index contributed by atoms with van der Waals surface area (Å²) in [6, 6.07) is 13.1. The number of aromatic nitrogens is 3. The smallest absolute Gasteiger partial charge is 0.181 e. The summed E-state index contributed by atoms with van der Waals surface area (Å²) in [5, 5.41) is 6.91. The molecule has 0 bridgehead atoms. The lowest BCUT2D eigenvalue weighted by molar-refractivity contribution is 0.414. The molecule has 2 aromatic carbocycles. The molecule has 3 aromatic rings. The molecule has 0 saturated carbocycles. The zero-order valence-electron chi connectivity index (χ0n) is 12.0. The SMILES string of the molecule is COc1cccc([C@H](N)c2nc(-c3cccc(F)c3)n[nH]2)c1. The van der Waals surface area contributed by atoms with Crippen LogP contribution in [0.15, 0.2) is 48.5 Å². The van der Waals surface area contributed by atoms with E-state index in [2.05, 4.69) is 15.2 Å². The van der Waals surface area contributed by atoms with Crippen LogP contribution in [0, 0.1) is 5.82 Å². The Labute approximate surface area is 127 Å². The van der Waals surface area contributed by atoms with Crippen LogP contribution in [-0.4, -0.2) is 22.3 Å². The predicted molar refractivity (Wildman–Crippen MR) is 80.8 cm³/mol. The van der Waals surface area contributed by atoms with Crippen molar-refractivity contribution in [2.45, 2.75) is 6.04 Å². The number of nitrogens with two attached hydrogens (primary N) is 1. The molecule has 0 unspecified atom stereocenters. The van der Waals surface area contributed by atoms with Crippen LogP contribution in [0.5, 0.6) is 5.75 Å². The molecule has 0 amide bonds. The zero-order valence-corrected chi connectivity index (χ0v) is 12.0. The van der Waals surface area contributed by atoms with Gasteiger partial charge in [-0.15, -0.1) is 0 Å². The van der Waals surface area contributed by atoms with Crippen LogP contribution in [0.1, 0.15) is 17.4 Å². The summed E-state index contributed by atoms with van der Waals surface area (Å²) in [6.45, 7) is 0. The molecule has 1 aromatic heterocycles. The van der Waals surface area contributed by atoms with E-state index in [0.717, 1.165) is 11.3 Å². The maximum absolute atomic E-state index is 13.3. The fourth-order valence-corrected chi connectivity index (χ4v) is 2.16. The topological polar surface area (TPSA) is 76.8 Å². The van der Waals surface area contributed by atoms with E-state index in [9.17, 15) is 4.39 Å². The highest BCUT2D eigenvalue weighted by molar-refractivity contribution is 5.54. The Balaban J connectivity index is 1.89. The van der Waals surface area contributed by atoms with Crippen molar-refractivity contribution in [3.8, 4) is 17.1 Å². The van der Waals surface area contributed by atoms with Crippen LogP contribution in [-0.2, 0) is 0 Å². The van der Waals surface area contributed by atoms with E-state index in [0.29, 0.717) is 17.2 Å². The molecule has 1 atom stereocenters. The first-order valence-corrected chi connectivity index (χ1v) is 6.75. The highest BCUT2D eigenvalue weighted by Crippen LogP contribution is 2.23. The number of halogens is 1. The van der Waals surface area contributed by atoms with Gasteiger partial charge in [-0.25, -0.2) is 9.37 Å². The van der Waals surface area contributed by atoms with Crippen LogP contribution in [0.3, 0.4) is 0 Å². The van der Waals surface area contributed by atoms with Crippen molar-refractivity contribution in [2.24, 2.45) is 5.73 Å².